The van der Waals surface area contributed by atoms with Gasteiger partial charge < -0.3 is 0 Å². The molecule has 2 aromatic rings. The van der Waals surface area contributed by atoms with Gasteiger partial charge in [0.2, 0.25) is 0 Å². The molecule has 2 aliphatic rings. The van der Waals surface area contributed by atoms with Crippen LogP contribution in [0.4, 0.5) is 0 Å². The normalized spacial score (nSPS) is 20.1. The van der Waals surface area contributed by atoms with Gasteiger partial charge in [-0.25, -0.2) is 0 Å². The van der Waals surface area contributed by atoms with Crippen LogP contribution >= 0.6 is 5.51 Å². The molecule has 0 saturated heterocycles. The first kappa shape index (κ1) is 19.7. The number of hydrogen-bond donors (Lipinski definition) is 0. The zero-order valence-electron chi connectivity index (χ0n) is 16.9. The molecule has 0 N–H and O–H groups in total. The van der Waals surface area contributed by atoms with Gasteiger partial charge in [0.25, 0.3) is 0 Å². The average molecular weight is 447 g/mol. The van der Waals surface area contributed by atoms with Crippen LogP contribution in [0.15, 0.2) is 30.3 Å². The van der Waals surface area contributed by atoms with E-state index in [1.165, 1.54) is 86.8 Å². The summed E-state index contributed by atoms with van der Waals surface area (Å²) < 4.78 is 2.52. The molecule has 0 unspecified atom stereocenters. The van der Waals surface area contributed by atoms with E-state index in [0.717, 1.165) is 11.3 Å². The van der Waals surface area contributed by atoms with Crippen LogP contribution in [0.3, 0.4) is 0 Å². The Bertz CT molecular complexity index is 792. The Hall–Kier alpha value is -0.621. The molecule has 1 heterocycles. The fraction of sp³-hybridized carbons (Fsp3) is 0.609. The molecule has 0 amide bonds. The van der Waals surface area contributed by atoms with E-state index in [9.17, 15) is 0 Å². The Kier molecular flexibility index (Phi) is 6.12. The van der Waals surface area contributed by atoms with Gasteiger partial charge in [0.1, 0.15) is 0 Å². The van der Waals surface area contributed by atoms with Crippen LogP contribution in [0.5, 0.6) is 0 Å². The number of para-hydroxylation sites is 1. The summed E-state index contributed by atoms with van der Waals surface area (Å²) in [6, 6.07) is 10.9. The van der Waals surface area contributed by atoms with Gasteiger partial charge in [0.05, 0.1) is 0 Å². The van der Waals surface area contributed by atoms with Crippen LogP contribution in [-0.4, -0.2) is 36.0 Å². The minimum atomic E-state index is -1.45. The summed E-state index contributed by atoms with van der Waals surface area (Å²) in [5, 5.41) is 0. The van der Waals surface area contributed by atoms with Crippen molar-refractivity contribution >= 4 is 26.2 Å². The van der Waals surface area contributed by atoms with Gasteiger partial charge >= 0.3 is 173 Å². The molecule has 27 heavy (non-hydrogen) atoms. The molecular weight excluding hydrogens is 414 g/mol. The summed E-state index contributed by atoms with van der Waals surface area (Å²) >= 11 is 3.92. The van der Waals surface area contributed by atoms with Gasteiger partial charge in [-0.1, -0.05) is 0 Å². The number of nitrogens with zero attached hydrogens (tertiary/aromatic N) is 2. The second-order valence-electron chi connectivity index (χ2n) is 8.55. The van der Waals surface area contributed by atoms with Gasteiger partial charge in [0, 0.05) is 0 Å². The van der Waals surface area contributed by atoms with Crippen molar-refractivity contribution in [3.05, 3.63) is 41.7 Å². The van der Waals surface area contributed by atoms with Crippen LogP contribution in [0, 0.1) is 13.8 Å². The monoisotopic (exact) mass is 448 g/mol. The van der Waals surface area contributed by atoms with Crippen LogP contribution in [0.2, 0.25) is 0 Å². The molecule has 2 aliphatic carbocycles. The predicted octanol–water partition coefficient (Wildman–Crippen LogP) is 5.88. The number of imidazole rings is 1. The van der Waals surface area contributed by atoms with Gasteiger partial charge in [-0.3, -0.25) is 0 Å². The second kappa shape index (κ2) is 8.40. The fourth-order valence-electron chi connectivity index (χ4n) is 5.27. The maximum absolute atomic E-state index is 5.29. The SMILES string of the molecule is Cc1nc(P(=[Se])(C2CCCCC2)C2CCCCC2)n(-c2ccccc2)c1C. The molecule has 1 aromatic heterocycles. The van der Waals surface area contributed by atoms with Crippen molar-refractivity contribution in [1.82, 2.24) is 9.55 Å². The molecule has 2 nitrogen and oxygen atoms in total. The quantitative estimate of drug-likeness (QED) is 0.423. The summed E-state index contributed by atoms with van der Waals surface area (Å²) in [6.07, 6.45) is 14.1. The first-order valence-electron chi connectivity index (χ1n) is 10.8. The summed E-state index contributed by atoms with van der Waals surface area (Å²) in [5.41, 5.74) is 5.43. The summed E-state index contributed by atoms with van der Waals surface area (Å²) in [5.74, 6) is 0. The molecule has 4 rings (SSSR count). The molecule has 0 bridgehead atoms. The maximum atomic E-state index is 5.29. The van der Waals surface area contributed by atoms with Gasteiger partial charge in [-0.2, -0.15) is 0 Å². The third-order valence-electron chi connectivity index (χ3n) is 6.89. The third-order valence-corrected chi connectivity index (χ3v) is 15.8. The molecule has 4 heteroatoms. The average Bonchev–Trinajstić information content (AvgIpc) is 3.04. The number of hydrogen-bond acceptors (Lipinski definition) is 1. The van der Waals surface area contributed by atoms with E-state index in [-0.39, 0.29) is 0 Å². The molecule has 146 valence electrons. The Morgan fingerprint density at radius 3 is 1.89 bits per heavy atom. The van der Waals surface area contributed by atoms with Gasteiger partial charge in [-0.05, 0) is 0 Å². The summed E-state index contributed by atoms with van der Waals surface area (Å²) in [7, 11) is 0. The number of aryl methyl sites for hydroxylation is 1. The van der Waals surface area contributed by atoms with Crippen molar-refractivity contribution in [2.24, 2.45) is 0 Å². The second-order valence-corrected chi connectivity index (χ2v) is 15.6. The van der Waals surface area contributed by atoms with Crippen molar-refractivity contribution in [2.75, 3.05) is 0 Å². The van der Waals surface area contributed by atoms with E-state index < -0.39 is 5.51 Å². The van der Waals surface area contributed by atoms with E-state index in [1.54, 1.807) is 0 Å². The Morgan fingerprint density at radius 1 is 0.852 bits per heavy atom. The van der Waals surface area contributed by atoms with Crippen LogP contribution in [0.25, 0.3) is 5.69 Å². The van der Waals surface area contributed by atoms with Crippen molar-refractivity contribution in [2.45, 2.75) is 89.4 Å². The van der Waals surface area contributed by atoms with E-state index in [1.807, 2.05) is 0 Å². The van der Waals surface area contributed by atoms with Crippen LogP contribution in [-0.2, 0) is 0 Å². The van der Waals surface area contributed by atoms with E-state index in [4.69, 9.17) is 4.98 Å². The summed E-state index contributed by atoms with van der Waals surface area (Å²) in [6.45, 7) is 4.45. The Morgan fingerprint density at radius 2 is 1.37 bits per heavy atom. The molecule has 2 saturated carbocycles. The first-order valence-corrected chi connectivity index (χ1v) is 15.0. The van der Waals surface area contributed by atoms with Crippen molar-refractivity contribution < 1.29 is 0 Å². The van der Waals surface area contributed by atoms with Crippen molar-refractivity contribution in [1.29, 1.82) is 0 Å². The van der Waals surface area contributed by atoms with Crippen LogP contribution in [0.1, 0.15) is 75.6 Å². The predicted molar refractivity (Wildman–Crippen MR) is 119 cm³/mol. The zero-order valence-corrected chi connectivity index (χ0v) is 19.5. The van der Waals surface area contributed by atoms with Gasteiger partial charge in [0.15, 0.2) is 0 Å². The summed E-state index contributed by atoms with van der Waals surface area (Å²) in [4.78, 5) is 5.29. The van der Waals surface area contributed by atoms with E-state index in [0.29, 0.717) is 0 Å². The van der Waals surface area contributed by atoms with Crippen molar-refractivity contribution in [3.8, 4) is 5.69 Å². The molecule has 1 aromatic carbocycles. The molecule has 0 radical (unpaired) electrons. The standard InChI is InChI=1S/C23H33N2PSe/c1-18-19(2)25(20-12-6-3-7-13-20)23(24-18)26(27,21-14-8-4-9-15-21)22-16-10-5-11-17-22/h3,6-7,12-13,21-22H,4-5,8-11,14-17H2,1-2H3. The Balaban J connectivity index is 1.88. The van der Waals surface area contributed by atoms with E-state index in [2.05, 4.69) is 63.8 Å². The van der Waals surface area contributed by atoms with E-state index >= 15 is 0 Å². The molecule has 0 aliphatic heterocycles. The minimum absolute atomic E-state index is 0.831. The topological polar surface area (TPSA) is 17.8 Å². The number of aromatic nitrogens is 2. The van der Waals surface area contributed by atoms with Crippen LogP contribution < -0.4 is 5.57 Å². The number of benzene rings is 1. The molecule has 2 fully saturated rings. The van der Waals surface area contributed by atoms with Gasteiger partial charge in [-0.15, -0.1) is 0 Å². The third kappa shape index (κ3) is 3.68. The first-order chi connectivity index (χ1) is 13.1. The molecule has 0 spiro atoms. The van der Waals surface area contributed by atoms with Crippen molar-refractivity contribution in [3.63, 3.8) is 0 Å². The zero-order chi connectivity index (χ0) is 18.9. The Labute approximate surface area is 172 Å². The molecule has 0 atom stereocenters. The molecular formula is C23H33N2PSe. The number of rotatable bonds is 4. The fourth-order valence-corrected chi connectivity index (χ4v) is 13.1.